The van der Waals surface area contributed by atoms with Crippen LogP contribution in [-0.4, -0.2) is 12.2 Å². The highest BCUT2D eigenvalue weighted by atomic mass is 32.1. The number of alkyl halides is 3. The van der Waals surface area contributed by atoms with E-state index in [-0.39, 0.29) is 12.5 Å². The summed E-state index contributed by atoms with van der Waals surface area (Å²) >= 11 is 1.63. The van der Waals surface area contributed by atoms with Crippen molar-refractivity contribution >= 4 is 11.3 Å². The van der Waals surface area contributed by atoms with E-state index >= 15 is 0 Å². The van der Waals surface area contributed by atoms with Crippen LogP contribution in [0.5, 0.6) is 0 Å². The van der Waals surface area contributed by atoms with Gasteiger partial charge in [0.05, 0.1) is 5.92 Å². The molecule has 1 aromatic rings. The van der Waals surface area contributed by atoms with Gasteiger partial charge >= 0.3 is 6.18 Å². The van der Waals surface area contributed by atoms with Gasteiger partial charge in [0.25, 0.3) is 0 Å². The van der Waals surface area contributed by atoms with Gasteiger partial charge in [0.15, 0.2) is 0 Å². The topological polar surface area (TPSA) is 12.0 Å². The third-order valence-corrected chi connectivity index (χ3v) is 4.16. The number of hydrogen-bond acceptors (Lipinski definition) is 2. The Morgan fingerprint density at radius 1 is 1.35 bits per heavy atom. The molecule has 1 nitrogen and oxygen atoms in total. The number of rotatable bonds is 3. The molecule has 1 saturated carbocycles. The van der Waals surface area contributed by atoms with Crippen molar-refractivity contribution in [2.24, 2.45) is 5.92 Å². The van der Waals surface area contributed by atoms with Gasteiger partial charge in [-0.1, -0.05) is 12.5 Å². The van der Waals surface area contributed by atoms with E-state index in [4.69, 9.17) is 0 Å². The Morgan fingerprint density at radius 2 is 2.18 bits per heavy atom. The van der Waals surface area contributed by atoms with Crippen molar-refractivity contribution in [1.82, 2.24) is 5.32 Å². The summed E-state index contributed by atoms with van der Waals surface area (Å²) in [5.41, 5.74) is 0. The monoisotopic (exact) mass is 263 g/mol. The molecule has 2 rings (SSSR count). The fraction of sp³-hybridized carbons (Fsp3) is 0.667. The van der Waals surface area contributed by atoms with Gasteiger partial charge in [0, 0.05) is 17.5 Å². The Morgan fingerprint density at radius 3 is 2.82 bits per heavy atom. The molecule has 0 aliphatic heterocycles. The first kappa shape index (κ1) is 12.9. The maximum absolute atomic E-state index is 12.6. The summed E-state index contributed by atoms with van der Waals surface area (Å²) in [6.45, 7) is 0.687. The molecule has 0 spiro atoms. The lowest BCUT2D eigenvalue weighted by Gasteiger charge is -2.31. The van der Waals surface area contributed by atoms with Crippen molar-refractivity contribution in [2.45, 2.75) is 44.4 Å². The van der Waals surface area contributed by atoms with Crippen LogP contribution in [-0.2, 0) is 6.54 Å². The van der Waals surface area contributed by atoms with Crippen LogP contribution in [0.4, 0.5) is 13.2 Å². The minimum atomic E-state index is -4.02. The molecular weight excluding hydrogens is 247 g/mol. The average molecular weight is 263 g/mol. The molecule has 1 aliphatic carbocycles. The molecule has 17 heavy (non-hydrogen) atoms. The summed E-state index contributed by atoms with van der Waals surface area (Å²) in [4.78, 5) is 1.18. The van der Waals surface area contributed by atoms with Crippen LogP contribution in [0, 0.1) is 5.92 Å². The van der Waals surface area contributed by atoms with Crippen molar-refractivity contribution in [3.8, 4) is 0 Å². The lowest BCUT2D eigenvalue weighted by Crippen LogP contribution is -2.38. The highest BCUT2D eigenvalue weighted by Crippen LogP contribution is 2.37. The number of hydrogen-bond donors (Lipinski definition) is 1. The highest BCUT2D eigenvalue weighted by molar-refractivity contribution is 7.09. The Labute approximate surface area is 103 Å². The van der Waals surface area contributed by atoms with Gasteiger partial charge in [-0.15, -0.1) is 11.3 Å². The van der Waals surface area contributed by atoms with Crippen molar-refractivity contribution < 1.29 is 13.2 Å². The Bertz CT molecular complexity index is 334. The molecule has 0 aromatic carbocycles. The average Bonchev–Trinajstić information content (AvgIpc) is 2.78. The molecule has 0 radical (unpaired) electrons. The van der Waals surface area contributed by atoms with E-state index in [1.807, 2.05) is 17.5 Å². The van der Waals surface area contributed by atoms with Gasteiger partial charge < -0.3 is 5.32 Å². The Hall–Kier alpha value is -0.550. The first-order valence-corrected chi connectivity index (χ1v) is 6.76. The van der Waals surface area contributed by atoms with Crippen LogP contribution in [0.2, 0.25) is 0 Å². The summed E-state index contributed by atoms with van der Waals surface area (Å²) in [6.07, 6.45) is -1.97. The molecule has 2 atom stereocenters. The normalized spacial score (nSPS) is 26.1. The molecule has 96 valence electrons. The van der Waals surface area contributed by atoms with Crippen LogP contribution >= 0.6 is 11.3 Å². The molecule has 2 unspecified atom stereocenters. The number of thiophene rings is 1. The smallest absolute Gasteiger partial charge is 0.309 e. The van der Waals surface area contributed by atoms with Crippen LogP contribution in [0.25, 0.3) is 0 Å². The van der Waals surface area contributed by atoms with Gasteiger partial charge in [-0.25, -0.2) is 0 Å². The predicted molar refractivity (Wildman–Crippen MR) is 63.0 cm³/mol. The molecule has 1 aliphatic rings. The minimum absolute atomic E-state index is 0.0116. The zero-order chi connectivity index (χ0) is 12.3. The predicted octanol–water partition coefficient (Wildman–Crippen LogP) is 3.96. The quantitative estimate of drug-likeness (QED) is 0.870. The van der Waals surface area contributed by atoms with E-state index in [0.29, 0.717) is 19.4 Å². The maximum atomic E-state index is 12.6. The summed E-state index contributed by atoms with van der Waals surface area (Å²) in [5.74, 6) is -1.11. The lowest BCUT2D eigenvalue weighted by molar-refractivity contribution is -0.183. The van der Waals surface area contributed by atoms with Gasteiger partial charge in [-0.05, 0) is 30.7 Å². The maximum Gasteiger partial charge on any atom is 0.391 e. The molecule has 5 heteroatoms. The zero-order valence-corrected chi connectivity index (χ0v) is 10.3. The van der Waals surface area contributed by atoms with E-state index < -0.39 is 12.1 Å². The molecule has 0 amide bonds. The Kier molecular flexibility index (Phi) is 4.09. The van der Waals surface area contributed by atoms with E-state index in [2.05, 4.69) is 5.32 Å². The van der Waals surface area contributed by atoms with Crippen LogP contribution < -0.4 is 5.32 Å². The standard InChI is InChI=1S/C12H16F3NS/c13-12(14,15)9-3-1-4-10(7-9)16-8-11-5-2-6-17-11/h2,5-6,9-10,16H,1,3-4,7-8H2. The molecule has 0 bridgehead atoms. The van der Waals surface area contributed by atoms with Gasteiger partial charge in [0.1, 0.15) is 0 Å². The van der Waals surface area contributed by atoms with E-state index in [0.717, 1.165) is 6.42 Å². The SMILES string of the molecule is FC(F)(F)C1CCCC(NCc2cccs2)C1. The molecule has 1 N–H and O–H groups in total. The second-order valence-electron chi connectivity index (χ2n) is 4.56. The fourth-order valence-corrected chi connectivity index (χ4v) is 2.99. The molecule has 1 heterocycles. The molecular formula is C12H16F3NS. The first-order valence-electron chi connectivity index (χ1n) is 5.88. The van der Waals surface area contributed by atoms with Crippen molar-refractivity contribution in [1.29, 1.82) is 0 Å². The summed E-state index contributed by atoms with van der Waals surface area (Å²) < 4.78 is 37.8. The summed E-state index contributed by atoms with van der Waals surface area (Å²) in [5, 5.41) is 5.22. The zero-order valence-electron chi connectivity index (χ0n) is 9.46. The van der Waals surface area contributed by atoms with Crippen LogP contribution in [0.15, 0.2) is 17.5 Å². The summed E-state index contributed by atoms with van der Waals surface area (Å²) in [7, 11) is 0. The van der Waals surface area contributed by atoms with E-state index in [1.54, 1.807) is 11.3 Å². The van der Waals surface area contributed by atoms with Crippen molar-refractivity contribution in [3.05, 3.63) is 22.4 Å². The van der Waals surface area contributed by atoms with Crippen molar-refractivity contribution in [2.75, 3.05) is 0 Å². The van der Waals surface area contributed by atoms with Crippen LogP contribution in [0.1, 0.15) is 30.6 Å². The second kappa shape index (κ2) is 5.40. The largest absolute Gasteiger partial charge is 0.391 e. The van der Waals surface area contributed by atoms with Crippen molar-refractivity contribution in [3.63, 3.8) is 0 Å². The highest BCUT2D eigenvalue weighted by Gasteiger charge is 2.41. The lowest BCUT2D eigenvalue weighted by atomic mass is 9.85. The number of halogens is 3. The summed E-state index contributed by atoms with van der Waals surface area (Å²) in [6, 6.07) is 3.97. The first-order chi connectivity index (χ1) is 8.05. The van der Waals surface area contributed by atoms with Gasteiger partial charge in [0.2, 0.25) is 0 Å². The molecule has 1 aromatic heterocycles. The Balaban J connectivity index is 1.81. The van der Waals surface area contributed by atoms with Crippen LogP contribution in [0.3, 0.4) is 0 Å². The van der Waals surface area contributed by atoms with E-state index in [1.165, 1.54) is 4.88 Å². The molecule has 0 saturated heterocycles. The van der Waals surface area contributed by atoms with Gasteiger partial charge in [-0.3, -0.25) is 0 Å². The fourth-order valence-electron chi connectivity index (χ4n) is 2.33. The molecule has 1 fully saturated rings. The number of nitrogens with one attached hydrogen (secondary N) is 1. The van der Waals surface area contributed by atoms with E-state index in [9.17, 15) is 13.2 Å². The third-order valence-electron chi connectivity index (χ3n) is 3.28. The second-order valence-corrected chi connectivity index (χ2v) is 5.59. The van der Waals surface area contributed by atoms with Gasteiger partial charge in [-0.2, -0.15) is 13.2 Å². The third kappa shape index (κ3) is 3.71. The minimum Gasteiger partial charge on any atom is -0.309 e.